The van der Waals surface area contributed by atoms with Gasteiger partial charge in [0.1, 0.15) is 5.75 Å². The van der Waals surface area contributed by atoms with Crippen molar-refractivity contribution in [3.8, 4) is 5.75 Å². The van der Waals surface area contributed by atoms with Crippen LogP contribution in [-0.4, -0.2) is 13.4 Å². The molecule has 2 nitrogen and oxygen atoms in total. The van der Waals surface area contributed by atoms with Crippen molar-refractivity contribution in [2.45, 2.75) is 6.42 Å². The fraction of sp³-hybridized carbons (Fsp3) is 0.222. The van der Waals surface area contributed by atoms with Crippen LogP contribution in [-0.2, 0) is 11.2 Å². The summed E-state index contributed by atoms with van der Waals surface area (Å²) >= 11 is 3.32. The molecule has 0 aromatic heterocycles. The highest BCUT2D eigenvalue weighted by atomic mass is 79.9. The van der Waals surface area contributed by atoms with E-state index in [-0.39, 0.29) is 0 Å². The Morgan fingerprint density at radius 1 is 1.58 bits per heavy atom. The molecule has 0 amide bonds. The predicted octanol–water partition coefficient (Wildman–Crippen LogP) is 2.11. The third-order valence-corrected chi connectivity index (χ3v) is 2.11. The third-order valence-electron chi connectivity index (χ3n) is 1.49. The van der Waals surface area contributed by atoms with E-state index in [1.165, 1.54) is 0 Å². The number of rotatable bonds is 3. The van der Waals surface area contributed by atoms with Gasteiger partial charge in [-0.1, -0.05) is 6.07 Å². The topological polar surface area (TPSA) is 26.3 Å². The zero-order chi connectivity index (χ0) is 8.97. The molecule has 3 heteroatoms. The summed E-state index contributed by atoms with van der Waals surface area (Å²) < 4.78 is 5.89. The number of hydrogen-bond donors (Lipinski definition) is 0. The van der Waals surface area contributed by atoms with E-state index in [1.807, 2.05) is 24.5 Å². The molecule has 1 radical (unpaired) electrons. The molecule has 0 aliphatic carbocycles. The second kappa shape index (κ2) is 4.26. The van der Waals surface area contributed by atoms with Gasteiger partial charge in [0.2, 0.25) is 6.29 Å². The molecule has 0 fully saturated rings. The van der Waals surface area contributed by atoms with Crippen LogP contribution in [0.1, 0.15) is 5.56 Å². The van der Waals surface area contributed by atoms with Crippen LogP contribution in [0.2, 0.25) is 0 Å². The lowest BCUT2D eigenvalue weighted by molar-refractivity contribution is 0.412. The first-order valence-electron chi connectivity index (χ1n) is 3.45. The van der Waals surface area contributed by atoms with Gasteiger partial charge in [-0.3, -0.25) is 4.79 Å². The molecule has 0 heterocycles. The van der Waals surface area contributed by atoms with Crippen molar-refractivity contribution in [2.24, 2.45) is 0 Å². The normalized spacial score (nSPS) is 9.50. The zero-order valence-electron chi connectivity index (χ0n) is 6.63. The lowest BCUT2D eigenvalue weighted by Gasteiger charge is -2.03. The van der Waals surface area contributed by atoms with Crippen LogP contribution in [0, 0.1) is 0 Å². The Morgan fingerprint density at radius 2 is 2.33 bits per heavy atom. The molecule has 0 bridgehead atoms. The molecular weight excluding hydrogens is 220 g/mol. The van der Waals surface area contributed by atoms with Crippen LogP contribution in [0.3, 0.4) is 0 Å². The van der Waals surface area contributed by atoms with Gasteiger partial charge in [0.05, 0.1) is 11.6 Å². The van der Waals surface area contributed by atoms with Crippen LogP contribution in [0.25, 0.3) is 0 Å². The van der Waals surface area contributed by atoms with Gasteiger partial charge in [-0.25, -0.2) is 0 Å². The third kappa shape index (κ3) is 2.08. The summed E-state index contributed by atoms with van der Waals surface area (Å²) in [6, 6.07) is 5.51. The van der Waals surface area contributed by atoms with Gasteiger partial charge in [-0.2, -0.15) is 0 Å². The Bertz CT molecular complexity index is 284. The number of methoxy groups -OCH3 is 1. The number of hydrogen-bond acceptors (Lipinski definition) is 2. The zero-order valence-corrected chi connectivity index (χ0v) is 8.22. The summed E-state index contributed by atoms with van der Waals surface area (Å²) in [6.07, 6.45) is 2.16. The Hall–Kier alpha value is -0.830. The van der Waals surface area contributed by atoms with E-state index >= 15 is 0 Å². The molecule has 0 atom stereocenters. The number of benzene rings is 1. The maximum absolute atomic E-state index is 10.1. The molecule has 1 aromatic carbocycles. The predicted molar refractivity (Wildman–Crippen MR) is 50.1 cm³/mol. The molecule has 12 heavy (non-hydrogen) atoms. The van der Waals surface area contributed by atoms with Crippen molar-refractivity contribution in [3.63, 3.8) is 0 Å². The number of ether oxygens (including phenoxy) is 1. The van der Waals surface area contributed by atoms with Crippen LogP contribution >= 0.6 is 15.9 Å². The summed E-state index contributed by atoms with van der Waals surface area (Å²) in [5, 5.41) is 0. The Kier molecular flexibility index (Phi) is 3.29. The minimum absolute atomic E-state index is 0.322. The van der Waals surface area contributed by atoms with E-state index in [9.17, 15) is 4.79 Å². The molecule has 0 spiro atoms. The van der Waals surface area contributed by atoms with E-state index in [4.69, 9.17) is 4.74 Å². The quantitative estimate of drug-likeness (QED) is 0.791. The largest absolute Gasteiger partial charge is 0.496 e. The lowest BCUT2D eigenvalue weighted by atomic mass is 10.2. The number of halogens is 1. The van der Waals surface area contributed by atoms with E-state index in [1.54, 1.807) is 7.11 Å². The molecule has 0 aliphatic rings. The molecule has 0 saturated heterocycles. The monoisotopic (exact) mass is 227 g/mol. The SMILES string of the molecule is COc1ccc(C[C]=O)cc1Br. The summed E-state index contributed by atoms with van der Waals surface area (Å²) in [6.45, 7) is 0. The van der Waals surface area contributed by atoms with Crippen molar-refractivity contribution < 1.29 is 9.53 Å². The van der Waals surface area contributed by atoms with Crippen molar-refractivity contribution in [3.05, 3.63) is 28.2 Å². The van der Waals surface area contributed by atoms with E-state index in [0.29, 0.717) is 6.42 Å². The van der Waals surface area contributed by atoms with Gasteiger partial charge in [0.25, 0.3) is 0 Å². The molecule has 0 saturated carbocycles. The van der Waals surface area contributed by atoms with Gasteiger partial charge in [0, 0.05) is 6.42 Å². The van der Waals surface area contributed by atoms with Crippen LogP contribution in [0.15, 0.2) is 22.7 Å². The summed E-state index contributed by atoms with van der Waals surface area (Å²) in [5.41, 5.74) is 0.928. The smallest absolute Gasteiger partial charge is 0.203 e. The first-order chi connectivity index (χ1) is 5.77. The highest BCUT2D eigenvalue weighted by molar-refractivity contribution is 9.10. The maximum atomic E-state index is 10.1. The molecule has 0 aliphatic heterocycles. The average molecular weight is 228 g/mol. The fourth-order valence-electron chi connectivity index (χ4n) is 0.903. The van der Waals surface area contributed by atoms with Crippen molar-refractivity contribution in [2.75, 3.05) is 7.11 Å². The minimum atomic E-state index is 0.322. The van der Waals surface area contributed by atoms with E-state index in [0.717, 1.165) is 15.8 Å². The molecule has 1 aromatic rings. The van der Waals surface area contributed by atoms with Crippen LogP contribution in [0.4, 0.5) is 0 Å². The van der Waals surface area contributed by atoms with Gasteiger partial charge in [-0.05, 0) is 33.6 Å². The van der Waals surface area contributed by atoms with Gasteiger partial charge in [0.15, 0.2) is 0 Å². The Morgan fingerprint density at radius 3 is 2.83 bits per heavy atom. The second-order valence-corrected chi connectivity index (χ2v) is 3.14. The van der Waals surface area contributed by atoms with Crippen molar-refractivity contribution >= 4 is 22.2 Å². The Balaban J connectivity index is 2.93. The summed E-state index contributed by atoms with van der Waals surface area (Å²) in [5.74, 6) is 0.768. The van der Waals surface area contributed by atoms with Gasteiger partial charge >= 0.3 is 0 Å². The fourth-order valence-corrected chi connectivity index (χ4v) is 1.49. The lowest BCUT2D eigenvalue weighted by Crippen LogP contribution is -1.88. The van der Waals surface area contributed by atoms with Crippen LogP contribution < -0.4 is 4.74 Å². The molecule has 0 N–H and O–H groups in total. The van der Waals surface area contributed by atoms with Crippen molar-refractivity contribution in [1.82, 2.24) is 0 Å². The Labute approximate surface area is 79.7 Å². The number of carbonyl (C=O) groups excluding carboxylic acids is 1. The first-order valence-corrected chi connectivity index (χ1v) is 4.24. The van der Waals surface area contributed by atoms with E-state index in [2.05, 4.69) is 15.9 Å². The highest BCUT2D eigenvalue weighted by Gasteiger charge is 2.00. The van der Waals surface area contributed by atoms with E-state index < -0.39 is 0 Å². The second-order valence-electron chi connectivity index (χ2n) is 2.29. The first kappa shape index (κ1) is 9.26. The molecular formula is C9H8BrO2. The summed E-state index contributed by atoms with van der Waals surface area (Å²) in [4.78, 5) is 10.1. The minimum Gasteiger partial charge on any atom is -0.496 e. The van der Waals surface area contributed by atoms with Gasteiger partial charge < -0.3 is 4.74 Å². The molecule has 0 unspecified atom stereocenters. The van der Waals surface area contributed by atoms with Crippen LogP contribution in [0.5, 0.6) is 5.75 Å². The summed E-state index contributed by atoms with van der Waals surface area (Å²) in [7, 11) is 1.60. The average Bonchev–Trinajstić information content (AvgIpc) is 2.05. The van der Waals surface area contributed by atoms with Crippen molar-refractivity contribution in [1.29, 1.82) is 0 Å². The standard InChI is InChI=1S/C9H8BrO2/c1-12-9-3-2-7(4-5-11)6-8(9)10/h2-3,6H,4H2,1H3. The molecule has 1 rings (SSSR count). The molecule has 63 valence electrons. The van der Waals surface area contributed by atoms with Gasteiger partial charge in [-0.15, -0.1) is 0 Å². The highest BCUT2D eigenvalue weighted by Crippen LogP contribution is 2.25. The maximum Gasteiger partial charge on any atom is 0.203 e.